The average Bonchev–Trinajstić information content (AvgIpc) is 2.34. The van der Waals surface area contributed by atoms with Crippen molar-refractivity contribution in [1.82, 2.24) is 4.98 Å². The quantitative estimate of drug-likeness (QED) is 0.542. The number of oxazole rings is 1. The summed E-state index contributed by atoms with van der Waals surface area (Å²) < 4.78 is 9.13. The molecule has 0 aliphatic carbocycles. The van der Waals surface area contributed by atoms with Crippen LogP contribution < -0.4 is 0 Å². The minimum Gasteiger partial charge on any atom is -0.463 e. The Morgan fingerprint density at radius 3 is 2.90 bits per heavy atom. The van der Waals surface area contributed by atoms with Gasteiger partial charge in [0.25, 0.3) is 0 Å². The van der Waals surface area contributed by atoms with E-state index in [0.717, 1.165) is 0 Å². The highest BCUT2D eigenvalue weighted by molar-refractivity contribution is 5.87. The number of ether oxygens (including phenoxy) is 1. The van der Waals surface area contributed by atoms with Crippen molar-refractivity contribution in [2.75, 3.05) is 7.11 Å². The number of aryl methyl sites for hydroxylation is 1. The van der Waals surface area contributed by atoms with Gasteiger partial charge in [-0.15, -0.1) is 0 Å². The van der Waals surface area contributed by atoms with Crippen LogP contribution in [0.15, 0.2) is 10.8 Å². The number of carbonyl (C=O) groups is 1. The van der Waals surface area contributed by atoms with Crippen molar-refractivity contribution >= 4 is 5.97 Å². The number of nitrogens with zero attached hydrogens (tertiary/aromatic N) is 1. The molecule has 0 unspecified atom stereocenters. The van der Waals surface area contributed by atoms with E-state index in [2.05, 4.69) is 9.72 Å². The van der Waals surface area contributed by atoms with E-state index in [1.807, 2.05) is 0 Å². The van der Waals surface area contributed by atoms with Gasteiger partial charge in [-0.3, -0.25) is 0 Å². The fraction of sp³-hybridized carbons (Fsp3) is 0.333. The molecule has 1 aromatic heterocycles. The smallest absolute Gasteiger partial charge is 0.375 e. The third-order valence-electron chi connectivity index (χ3n) is 1.12. The summed E-state index contributed by atoms with van der Waals surface area (Å²) >= 11 is 0. The lowest BCUT2D eigenvalue weighted by atomic mass is 10.4. The van der Waals surface area contributed by atoms with E-state index in [9.17, 15) is 4.79 Å². The van der Waals surface area contributed by atoms with Crippen LogP contribution in [0.5, 0.6) is 0 Å². The van der Waals surface area contributed by atoms with Crippen LogP contribution in [0.1, 0.15) is 16.2 Å². The first-order valence-electron chi connectivity index (χ1n) is 2.74. The maximum Gasteiger partial charge on any atom is 0.375 e. The molecular formula is C6H7NO3. The molecule has 0 saturated carbocycles. The molecule has 4 nitrogen and oxygen atoms in total. The second kappa shape index (κ2) is 2.51. The standard InChI is InChI=1S/C6H7NO3/c1-4-5(6(8)9-2)10-3-7-4/h3H,1-2H3. The van der Waals surface area contributed by atoms with Crippen molar-refractivity contribution in [3.05, 3.63) is 17.8 Å². The fourth-order valence-corrected chi connectivity index (χ4v) is 0.591. The van der Waals surface area contributed by atoms with E-state index in [-0.39, 0.29) is 5.76 Å². The lowest BCUT2D eigenvalue weighted by Crippen LogP contribution is -2.00. The third-order valence-corrected chi connectivity index (χ3v) is 1.12. The lowest BCUT2D eigenvalue weighted by Gasteiger charge is -1.91. The number of hydrogen-bond acceptors (Lipinski definition) is 4. The fourth-order valence-electron chi connectivity index (χ4n) is 0.591. The lowest BCUT2D eigenvalue weighted by molar-refractivity contribution is 0.0564. The molecule has 4 heteroatoms. The summed E-state index contributed by atoms with van der Waals surface area (Å²) in [5, 5.41) is 0. The van der Waals surface area contributed by atoms with Crippen molar-refractivity contribution in [2.24, 2.45) is 0 Å². The second-order valence-corrected chi connectivity index (χ2v) is 1.76. The van der Waals surface area contributed by atoms with Crippen LogP contribution in [0.3, 0.4) is 0 Å². The maximum atomic E-state index is 10.7. The normalized spacial score (nSPS) is 9.40. The number of carbonyl (C=O) groups excluding carboxylic acids is 1. The summed E-state index contributed by atoms with van der Waals surface area (Å²) in [7, 11) is 1.30. The van der Waals surface area contributed by atoms with Gasteiger partial charge in [-0.25, -0.2) is 9.78 Å². The summed E-state index contributed by atoms with van der Waals surface area (Å²) in [6.07, 6.45) is 1.21. The van der Waals surface area contributed by atoms with Crippen LogP contribution >= 0.6 is 0 Å². The Morgan fingerprint density at radius 1 is 1.80 bits per heavy atom. The first-order chi connectivity index (χ1) is 4.75. The highest BCUT2D eigenvalue weighted by atomic mass is 16.5. The highest BCUT2D eigenvalue weighted by Crippen LogP contribution is 2.05. The van der Waals surface area contributed by atoms with Crippen molar-refractivity contribution < 1.29 is 13.9 Å². The van der Waals surface area contributed by atoms with Gasteiger partial charge < -0.3 is 9.15 Å². The Morgan fingerprint density at radius 2 is 2.50 bits per heavy atom. The Bertz CT molecular complexity index is 241. The predicted molar refractivity (Wildman–Crippen MR) is 32.6 cm³/mol. The van der Waals surface area contributed by atoms with Crippen molar-refractivity contribution in [1.29, 1.82) is 0 Å². The molecule has 0 bridgehead atoms. The van der Waals surface area contributed by atoms with Crippen LogP contribution in [0.25, 0.3) is 0 Å². The van der Waals surface area contributed by atoms with Gasteiger partial charge in [0.15, 0.2) is 6.39 Å². The van der Waals surface area contributed by atoms with Crippen LogP contribution in [0.4, 0.5) is 0 Å². The molecule has 0 fully saturated rings. The number of esters is 1. The molecule has 0 spiro atoms. The zero-order valence-corrected chi connectivity index (χ0v) is 5.75. The first-order valence-corrected chi connectivity index (χ1v) is 2.74. The summed E-state index contributed by atoms with van der Waals surface area (Å²) in [5.74, 6) is -0.322. The zero-order chi connectivity index (χ0) is 7.56. The average molecular weight is 141 g/mol. The summed E-state index contributed by atoms with van der Waals surface area (Å²) in [4.78, 5) is 14.5. The molecule has 0 amide bonds. The van der Waals surface area contributed by atoms with Gasteiger partial charge in [0, 0.05) is 0 Å². The van der Waals surface area contributed by atoms with E-state index in [1.165, 1.54) is 13.5 Å². The van der Waals surface area contributed by atoms with Crippen LogP contribution in [0.2, 0.25) is 0 Å². The topological polar surface area (TPSA) is 52.3 Å². The SMILES string of the molecule is COC(=O)c1ocnc1C. The molecule has 0 aliphatic rings. The van der Waals surface area contributed by atoms with Crippen LogP contribution in [-0.4, -0.2) is 18.1 Å². The zero-order valence-electron chi connectivity index (χ0n) is 5.75. The van der Waals surface area contributed by atoms with Gasteiger partial charge >= 0.3 is 5.97 Å². The van der Waals surface area contributed by atoms with Gasteiger partial charge in [-0.1, -0.05) is 0 Å². The molecule has 0 N–H and O–H groups in total. The van der Waals surface area contributed by atoms with E-state index >= 15 is 0 Å². The molecule has 10 heavy (non-hydrogen) atoms. The van der Waals surface area contributed by atoms with Crippen LogP contribution in [-0.2, 0) is 4.74 Å². The summed E-state index contributed by atoms with van der Waals surface area (Å²) in [6, 6.07) is 0. The number of hydrogen-bond donors (Lipinski definition) is 0. The van der Waals surface area contributed by atoms with E-state index in [1.54, 1.807) is 6.92 Å². The Kier molecular flexibility index (Phi) is 1.71. The molecule has 0 saturated heterocycles. The van der Waals surface area contributed by atoms with E-state index in [0.29, 0.717) is 5.69 Å². The molecule has 1 rings (SSSR count). The molecule has 0 atom stereocenters. The van der Waals surface area contributed by atoms with Crippen molar-refractivity contribution in [2.45, 2.75) is 6.92 Å². The van der Waals surface area contributed by atoms with Gasteiger partial charge in [-0.2, -0.15) is 0 Å². The highest BCUT2D eigenvalue weighted by Gasteiger charge is 2.12. The van der Waals surface area contributed by atoms with Crippen molar-refractivity contribution in [3.8, 4) is 0 Å². The molecule has 0 radical (unpaired) electrons. The molecule has 0 aromatic carbocycles. The molecule has 1 heterocycles. The maximum absolute atomic E-state index is 10.7. The van der Waals surface area contributed by atoms with Gasteiger partial charge in [0.2, 0.25) is 5.76 Å². The van der Waals surface area contributed by atoms with Crippen LogP contribution in [0, 0.1) is 6.92 Å². The van der Waals surface area contributed by atoms with E-state index in [4.69, 9.17) is 4.42 Å². The Hall–Kier alpha value is -1.32. The van der Waals surface area contributed by atoms with Gasteiger partial charge in [0.05, 0.1) is 12.8 Å². The molecule has 0 aliphatic heterocycles. The van der Waals surface area contributed by atoms with Gasteiger partial charge in [0.1, 0.15) is 0 Å². The Balaban J connectivity index is 2.93. The molecule has 54 valence electrons. The predicted octanol–water partition coefficient (Wildman–Crippen LogP) is 0.770. The number of methoxy groups -OCH3 is 1. The summed E-state index contributed by atoms with van der Waals surface area (Å²) in [5.41, 5.74) is 0.548. The number of rotatable bonds is 1. The number of aromatic nitrogens is 1. The van der Waals surface area contributed by atoms with Crippen molar-refractivity contribution in [3.63, 3.8) is 0 Å². The monoisotopic (exact) mass is 141 g/mol. The van der Waals surface area contributed by atoms with E-state index < -0.39 is 5.97 Å². The second-order valence-electron chi connectivity index (χ2n) is 1.76. The first kappa shape index (κ1) is 6.80. The molecule has 1 aromatic rings. The Labute approximate surface area is 57.8 Å². The third kappa shape index (κ3) is 1.00. The minimum atomic E-state index is -0.491. The van der Waals surface area contributed by atoms with Gasteiger partial charge in [-0.05, 0) is 6.92 Å². The minimum absolute atomic E-state index is 0.169. The summed E-state index contributed by atoms with van der Waals surface area (Å²) in [6.45, 7) is 1.68. The largest absolute Gasteiger partial charge is 0.463 e. The molecular weight excluding hydrogens is 134 g/mol.